The molecule has 4 heteroatoms. The van der Waals surface area contributed by atoms with Crippen molar-refractivity contribution in [2.45, 2.75) is 44.3 Å². The fourth-order valence-electron chi connectivity index (χ4n) is 3.43. The summed E-state index contributed by atoms with van der Waals surface area (Å²) in [5.74, 6) is 0.218. The number of rotatable bonds is 5. The summed E-state index contributed by atoms with van der Waals surface area (Å²) in [6.45, 7) is 1.82. The molecular formula is C20H23N3O. The van der Waals surface area contributed by atoms with Crippen LogP contribution in [0.2, 0.25) is 0 Å². The van der Waals surface area contributed by atoms with Crippen LogP contribution < -0.4 is 5.32 Å². The highest BCUT2D eigenvalue weighted by Crippen LogP contribution is 2.25. The highest BCUT2D eigenvalue weighted by molar-refractivity contribution is 5.82. The molecule has 124 valence electrons. The largest absolute Gasteiger partial charge is 0.352 e. The maximum absolute atomic E-state index is 12.4. The van der Waals surface area contributed by atoms with E-state index in [1.165, 1.54) is 5.56 Å². The summed E-state index contributed by atoms with van der Waals surface area (Å²) >= 11 is 0. The van der Waals surface area contributed by atoms with Crippen LogP contribution in [0, 0.1) is 0 Å². The molecule has 2 fully saturated rings. The minimum Gasteiger partial charge on any atom is -0.352 e. The molecule has 2 heterocycles. The predicted octanol–water partition coefficient (Wildman–Crippen LogP) is 2.99. The molecule has 24 heavy (non-hydrogen) atoms. The van der Waals surface area contributed by atoms with E-state index in [1.807, 2.05) is 24.4 Å². The van der Waals surface area contributed by atoms with Crippen LogP contribution in [0.3, 0.4) is 0 Å². The number of nitrogens with one attached hydrogen (secondary N) is 1. The molecule has 2 aliphatic rings. The number of aromatic nitrogens is 1. The van der Waals surface area contributed by atoms with E-state index in [-0.39, 0.29) is 11.9 Å². The normalized spacial score (nSPS) is 20.9. The number of pyridine rings is 1. The van der Waals surface area contributed by atoms with Gasteiger partial charge in [-0.1, -0.05) is 24.3 Å². The lowest BCUT2D eigenvalue weighted by molar-refractivity contribution is -0.125. The van der Waals surface area contributed by atoms with Crippen molar-refractivity contribution in [3.8, 4) is 11.3 Å². The number of nitrogens with zero attached hydrogens (tertiary/aromatic N) is 2. The number of carbonyl (C=O) groups excluding carboxylic acids is 1. The fraction of sp³-hybridized carbons (Fsp3) is 0.400. The SMILES string of the molecule is O=C(NC1CC1)[C@H]1CCCN1Cc1cccc(-c2ccccn2)c1. The smallest absolute Gasteiger partial charge is 0.237 e. The van der Waals surface area contributed by atoms with Crippen molar-refractivity contribution >= 4 is 5.91 Å². The van der Waals surface area contributed by atoms with Crippen molar-refractivity contribution in [1.29, 1.82) is 0 Å². The van der Waals surface area contributed by atoms with Gasteiger partial charge in [0.15, 0.2) is 0 Å². The Balaban J connectivity index is 1.47. The van der Waals surface area contributed by atoms with E-state index < -0.39 is 0 Å². The van der Waals surface area contributed by atoms with E-state index in [9.17, 15) is 4.79 Å². The molecule has 4 rings (SSSR count). The second-order valence-electron chi connectivity index (χ2n) is 6.83. The Kier molecular flexibility index (Phi) is 4.30. The fourth-order valence-corrected chi connectivity index (χ4v) is 3.43. The summed E-state index contributed by atoms with van der Waals surface area (Å²) in [5, 5.41) is 3.16. The van der Waals surface area contributed by atoms with Gasteiger partial charge in [0.25, 0.3) is 0 Å². The molecule has 1 aliphatic carbocycles. The van der Waals surface area contributed by atoms with Crippen LogP contribution in [-0.2, 0) is 11.3 Å². The first kappa shape index (κ1) is 15.3. The molecule has 2 aromatic rings. The van der Waals surface area contributed by atoms with E-state index >= 15 is 0 Å². The van der Waals surface area contributed by atoms with Crippen LogP contribution in [-0.4, -0.2) is 34.4 Å². The Bertz CT molecular complexity index is 712. The zero-order valence-corrected chi connectivity index (χ0v) is 13.8. The lowest BCUT2D eigenvalue weighted by atomic mass is 10.1. The maximum Gasteiger partial charge on any atom is 0.237 e. The summed E-state index contributed by atoms with van der Waals surface area (Å²) in [6, 6.07) is 14.9. The lowest BCUT2D eigenvalue weighted by Crippen LogP contribution is -2.43. The van der Waals surface area contributed by atoms with Gasteiger partial charge in [0.2, 0.25) is 5.91 Å². The highest BCUT2D eigenvalue weighted by Gasteiger charge is 2.33. The third-order valence-electron chi connectivity index (χ3n) is 4.86. The van der Waals surface area contributed by atoms with E-state index in [4.69, 9.17) is 0 Å². The van der Waals surface area contributed by atoms with Gasteiger partial charge in [-0.3, -0.25) is 14.7 Å². The van der Waals surface area contributed by atoms with Crippen LogP contribution in [0.5, 0.6) is 0 Å². The first-order valence-electron chi connectivity index (χ1n) is 8.84. The molecule has 1 aliphatic heterocycles. The Labute approximate surface area is 142 Å². The van der Waals surface area contributed by atoms with Crippen molar-refractivity contribution in [3.63, 3.8) is 0 Å². The average molecular weight is 321 g/mol. The molecule has 0 bridgehead atoms. The van der Waals surface area contributed by atoms with Gasteiger partial charge in [-0.25, -0.2) is 0 Å². The first-order chi connectivity index (χ1) is 11.8. The van der Waals surface area contributed by atoms with Gasteiger partial charge in [-0.2, -0.15) is 0 Å². The zero-order chi connectivity index (χ0) is 16.4. The Morgan fingerprint density at radius 2 is 2.08 bits per heavy atom. The molecule has 1 saturated heterocycles. The molecule has 1 aromatic carbocycles. The Morgan fingerprint density at radius 3 is 2.88 bits per heavy atom. The Morgan fingerprint density at radius 1 is 1.17 bits per heavy atom. The standard InChI is InChI=1S/C20H23N3O/c24-20(22-17-9-10-17)19-8-4-12-23(19)14-15-5-3-6-16(13-15)18-7-1-2-11-21-18/h1-3,5-7,11,13,17,19H,4,8-10,12,14H2,(H,22,24)/t19-/m1/s1. The summed E-state index contributed by atoms with van der Waals surface area (Å²) in [7, 11) is 0. The van der Waals surface area contributed by atoms with Gasteiger partial charge in [0, 0.05) is 24.3 Å². The minimum atomic E-state index is 0.0316. The third kappa shape index (κ3) is 3.49. The van der Waals surface area contributed by atoms with Crippen LogP contribution in [0.4, 0.5) is 0 Å². The highest BCUT2D eigenvalue weighted by atomic mass is 16.2. The average Bonchev–Trinajstić information content (AvgIpc) is 3.31. The van der Waals surface area contributed by atoms with Gasteiger partial charge >= 0.3 is 0 Å². The monoisotopic (exact) mass is 321 g/mol. The van der Waals surface area contributed by atoms with E-state index in [0.717, 1.165) is 50.0 Å². The summed E-state index contributed by atoms with van der Waals surface area (Å²) in [4.78, 5) is 19.2. The number of hydrogen-bond acceptors (Lipinski definition) is 3. The molecular weight excluding hydrogens is 298 g/mol. The molecule has 4 nitrogen and oxygen atoms in total. The number of benzene rings is 1. The second-order valence-corrected chi connectivity index (χ2v) is 6.83. The summed E-state index contributed by atoms with van der Waals surface area (Å²) < 4.78 is 0. The molecule has 0 radical (unpaired) electrons. The molecule has 1 aromatic heterocycles. The van der Waals surface area contributed by atoms with Crippen LogP contribution >= 0.6 is 0 Å². The molecule has 1 atom stereocenters. The van der Waals surface area contributed by atoms with Gasteiger partial charge in [-0.05, 0) is 56.0 Å². The molecule has 1 saturated carbocycles. The quantitative estimate of drug-likeness (QED) is 0.921. The summed E-state index contributed by atoms with van der Waals surface area (Å²) in [6.07, 6.45) is 6.18. The third-order valence-corrected chi connectivity index (χ3v) is 4.86. The van der Waals surface area contributed by atoms with Crippen molar-refractivity contribution in [3.05, 3.63) is 54.2 Å². The van der Waals surface area contributed by atoms with Gasteiger partial charge in [0.1, 0.15) is 0 Å². The second kappa shape index (κ2) is 6.73. The summed E-state index contributed by atoms with van der Waals surface area (Å²) in [5.41, 5.74) is 3.36. The van der Waals surface area contributed by atoms with Crippen LogP contribution in [0.1, 0.15) is 31.2 Å². The first-order valence-corrected chi connectivity index (χ1v) is 8.84. The number of likely N-dealkylation sites (tertiary alicyclic amines) is 1. The van der Waals surface area contributed by atoms with Crippen molar-refractivity contribution in [2.75, 3.05) is 6.54 Å². The molecule has 0 spiro atoms. The van der Waals surface area contributed by atoms with Crippen LogP contribution in [0.25, 0.3) is 11.3 Å². The van der Waals surface area contributed by atoms with E-state index in [0.29, 0.717) is 6.04 Å². The molecule has 1 N–H and O–H groups in total. The topological polar surface area (TPSA) is 45.2 Å². The molecule has 0 unspecified atom stereocenters. The maximum atomic E-state index is 12.4. The zero-order valence-electron chi connectivity index (χ0n) is 13.8. The number of carbonyl (C=O) groups is 1. The van der Waals surface area contributed by atoms with E-state index in [1.54, 1.807) is 0 Å². The van der Waals surface area contributed by atoms with Gasteiger partial charge in [-0.15, -0.1) is 0 Å². The van der Waals surface area contributed by atoms with Crippen molar-refractivity contribution in [2.24, 2.45) is 0 Å². The number of amides is 1. The van der Waals surface area contributed by atoms with Crippen LogP contribution in [0.15, 0.2) is 48.7 Å². The van der Waals surface area contributed by atoms with Crippen molar-refractivity contribution < 1.29 is 4.79 Å². The van der Waals surface area contributed by atoms with Gasteiger partial charge in [0.05, 0.1) is 11.7 Å². The Hall–Kier alpha value is -2.20. The predicted molar refractivity (Wildman–Crippen MR) is 94.3 cm³/mol. The number of hydrogen-bond donors (Lipinski definition) is 1. The minimum absolute atomic E-state index is 0.0316. The van der Waals surface area contributed by atoms with E-state index in [2.05, 4.69) is 39.5 Å². The van der Waals surface area contributed by atoms with Gasteiger partial charge < -0.3 is 5.32 Å². The lowest BCUT2D eigenvalue weighted by Gasteiger charge is -2.24. The molecule has 1 amide bonds. The van der Waals surface area contributed by atoms with Crippen molar-refractivity contribution in [1.82, 2.24) is 15.2 Å².